The van der Waals surface area contributed by atoms with Crippen molar-refractivity contribution in [1.29, 1.82) is 0 Å². The first-order valence-corrected chi connectivity index (χ1v) is 10.0. The molecule has 2 fully saturated rings. The molecule has 0 unspecified atom stereocenters. The van der Waals surface area contributed by atoms with Gasteiger partial charge in [0, 0.05) is 25.5 Å². The Labute approximate surface area is 156 Å². The lowest BCUT2D eigenvalue weighted by atomic mass is 9.91. The van der Waals surface area contributed by atoms with Crippen molar-refractivity contribution >= 4 is 5.95 Å². The molecule has 0 radical (unpaired) electrons. The summed E-state index contributed by atoms with van der Waals surface area (Å²) in [4.78, 5) is 11.4. The lowest BCUT2D eigenvalue weighted by Crippen LogP contribution is -2.35. The van der Waals surface area contributed by atoms with Crippen LogP contribution < -0.4 is 4.90 Å². The molecule has 1 aromatic carbocycles. The van der Waals surface area contributed by atoms with E-state index in [9.17, 15) is 0 Å². The molecule has 4 heteroatoms. The summed E-state index contributed by atoms with van der Waals surface area (Å²) in [7, 11) is 0. The fourth-order valence-corrected chi connectivity index (χ4v) is 4.16. The van der Waals surface area contributed by atoms with E-state index in [0.717, 1.165) is 56.4 Å². The second-order valence-electron chi connectivity index (χ2n) is 7.73. The smallest absolute Gasteiger partial charge is 0.225 e. The lowest BCUT2D eigenvalue weighted by molar-refractivity contribution is 0.104. The summed E-state index contributed by atoms with van der Waals surface area (Å²) in [6, 6.07) is 10.5. The number of rotatable bonds is 7. The number of hydrogen-bond acceptors (Lipinski definition) is 4. The summed E-state index contributed by atoms with van der Waals surface area (Å²) in [5, 5.41) is 0. The fourth-order valence-electron chi connectivity index (χ4n) is 4.16. The monoisotopic (exact) mass is 351 g/mol. The molecule has 2 atom stereocenters. The largest absolute Gasteiger partial charge is 0.376 e. The van der Waals surface area contributed by atoms with E-state index in [4.69, 9.17) is 4.74 Å². The molecule has 2 aliphatic rings. The van der Waals surface area contributed by atoms with Crippen molar-refractivity contribution in [2.45, 2.75) is 39.2 Å². The maximum absolute atomic E-state index is 5.95. The van der Waals surface area contributed by atoms with Crippen molar-refractivity contribution in [3.05, 3.63) is 53.9 Å². The number of anilines is 1. The van der Waals surface area contributed by atoms with E-state index < -0.39 is 0 Å². The molecule has 26 heavy (non-hydrogen) atoms. The van der Waals surface area contributed by atoms with E-state index >= 15 is 0 Å². The Hall–Kier alpha value is -1.94. The first-order chi connectivity index (χ1) is 12.8. The predicted octanol–water partition coefficient (Wildman–Crippen LogP) is 4.11. The van der Waals surface area contributed by atoms with E-state index in [1.807, 2.05) is 12.4 Å². The van der Waals surface area contributed by atoms with Gasteiger partial charge in [0.1, 0.15) is 0 Å². The van der Waals surface area contributed by atoms with Gasteiger partial charge in [-0.25, -0.2) is 9.97 Å². The van der Waals surface area contributed by atoms with Gasteiger partial charge in [-0.2, -0.15) is 0 Å². The molecule has 0 N–H and O–H groups in total. The van der Waals surface area contributed by atoms with Gasteiger partial charge in [0.2, 0.25) is 5.95 Å². The van der Waals surface area contributed by atoms with Gasteiger partial charge in [-0.15, -0.1) is 0 Å². The minimum absolute atomic E-state index is 0.744. The van der Waals surface area contributed by atoms with Gasteiger partial charge in [0.05, 0.1) is 13.2 Å². The van der Waals surface area contributed by atoms with Crippen molar-refractivity contribution in [1.82, 2.24) is 9.97 Å². The predicted molar refractivity (Wildman–Crippen MR) is 104 cm³/mol. The molecule has 1 aliphatic heterocycles. The summed E-state index contributed by atoms with van der Waals surface area (Å²) in [6.45, 7) is 5.98. The summed E-state index contributed by atoms with van der Waals surface area (Å²) >= 11 is 0. The second kappa shape index (κ2) is 8.17. The molecule has 2 heterocycles. The molecule has 0 spiro atoms. The van der Waals surface area contributed by atoms with Crippen LogP contribution in [0.5, 0.6) is 0 Å². The Bertz CT molecular complexity index is 680. The summed E-state index contributed by atoms with van der Waals surface area (Å²) in [5.41, 5.74) is 2.48. The first kappa shape index (κ1) is 17.5. The van der Waals surface area contributed by atoms with Crippen molar-refractivity contribution in [3.8, 4) is 0 Å². The molecule has 1 aromatic heterocycles. The van der Waals surface area contributed by atoms with Crippen LogP contribution in [0.2, 0.25) is 0 Å². The molecule has 2 aromatic rings. The zero-order valence-electron chi connectivity index (χ0n) is 15.7. The van der Waals surface area contributed by atoms with Crippen LogP contribution in [-0.2, 0) is 17.8 Å². The van der Waals surface area contributed by atoms with Crippen LogP contribution in [0.3, 0.4) is 0 Å². The fraction of sp³-hybridized carbons (Fsp3) is 0.545. The Morgan fingerprint density at radius 1 is 1.04 bits per heavy atom. The summed E-state index contributed by atoms with van der Waals surface area (Å²) in [5.74, 6) is 3.40. The maximum atomic E-state index is 5.95. The molecule has 1 saturated heterocycles. The van der Waals surface area contributed by atoms with E-state index in [-0.39, 0.29) is 0 Å². The topological polar surface area (TPSA) is 38.2 Å². The maximum Gasteiger partial charge on any atom is 0.225 e. The summed E-state index contributed by atoms with van der Waals surface area (Å²) < 4.78 is 5.95. The number of nitrogens with zero attached hydrogens (tertiary/aromatic N) is 3. The third-order valence-corrected chi connectivity index (χ3v) is 5.95. The third kappa shape index (κ3) is 4.24. The average molecular weight is 351 g/mol. The summed E-state index contributed by atoms with van der Waals surface area (Å²) in [6.07, 6.45) is 8.81. The van der Waals surface area contributed by atoms with Crippen LogP contribution in [0, 0.1) is 17.8 Å². The normalized spacial score (nSPS) is 23.2. The van der Waals surface area contributed by atoms with Crippen molar-refractivity contribution in [2.75, 3.05) is 24.6 Å². The highest BCUT2D eigenvalue weighted by atomic mass is 16.5. The third-order valence-electron chi connectivity index (χ3n) is 5.95. The molecule has 0 bridgehead atoms. The van der Waals surface area contributed by atoms with Gasteiger partial charge in [-0.3, -0.25) is 0 Å². The molecule has 138 valence electrons. The number of aromatic nitrogens is 2. The van der Waals surface area contributed by atoms with E-state index in [2.05, 4.69) is 52.1 Å². The number of hydrogen-bond donors (Lipinski definition) is 0. The van der Waals surface area contributed by atoms with Gasteiger partial charge >= 0.3 is 0 Å². The van der Waals surface area contributed by atoms with Crippen molar-refractivity contribution < 1.29 is 4.74 Å². The van der Waals surface area contributed by atoms with Crippen molar-refractivity contribution in [2.24, 2.45) is 17.8 Å². The standard InChI is InChI=1S/C22H29N3O/c1-2-17-13-23-22(24-14-17)25-10-8-19(9-11-25)21-12-20(21)16-26-15-18-6-4-3-5-7-18/h3-7,13-14,19-21H,2,8-12,15-16H2,1H3/t20-,21+/m0/s1. The van der Waals surface area contributed by atoms with Crippen LogP contribution >= 0.6 is 0 Å². The molecule has 4 nitrogen and oxygen atoms in total. The SMILES string of the molecule is CCc1cnc(N2CCC([C@H]3C[C@H]3COCc3ccccc3)CC2)nc1. The number of piperidine rings is 1. The van der Waals surface area contributed by atoms with Gasteiger partial charge in [0.25, 0.3) is 0 Å². The molecular weight excluding hydrogens is 322 g/mol. The Morgan fingerprint density at radius 3 is 2.46 bits per heavy atom. The van der Waals surface area contributed by atoms with Gasteiger partial charge in [-0.05, 0) is 54.6 Å². The Morgan fingerprint density at radius 2 is 1.77 bits per heavy atom. The number of aryl methyl sites for hydroxylation is 1. The lowest BCUT2D eigenvalue weighted by Gasteiger charge is -2.32. The van der Waals surface area contributed by atoms with E-state index in [1.54, 1.807) is 0 Å². The molecule has 1 saturated carbocycles. The molecule has 4 rings (SSSR count). The van der Waals surface area contributed by atoms with Crippen LogP contribution in [0.4, 0.5) is 5.95 Å². The highest BCUT2D eigenvalue weighted by Gasteiger charge is 2.43. The number of ether oxygens (including phenoxy) is 1. The van der Waals surface area contributed by atoms with Crippen LogP contribution in [-0.4, -0.2) is 29.7 Å². The van der Waals surface area contributed by atoms with Crippen LogP contribution in [0.15, 0.2) is 42.7 Å². The molecular formula is C22H29N3O. The highest BCUT2D eigenvalue weighted by molar-refractivity contribution is 5.30. The quantitative estimate of drug-likeness (QED) is 0.752. The Balaban J connectivity index is 1.18. The van der Waals surface area contributed by atoms with Crippen LogP contribution in [0.1, 0.15) is 37.3 Å². The highest BCUT2D eigenvalue weighted by Crippen LogP contribution is 2.48. The minimum Gasteiger partial charge on any atom is -0.376 e. The molecule has 0 amide bonds. The van der Waals surface area contributed by atoms with Gasteiger partial charge in [0.15, 0.2) is 0 Å². The second-order valence-corrected chi connectivity index (χ2v) is 7.73. The Kier molecular flexibility index (Phi) is 5.49. The zero-order valence-corrected chi connectivity index (χ0v) is 15.7. The van der Waals surface area contributed by atoms with Crippen LogP contribution in [0.25, 0.3) is 0 Å². The molecule has 1 aliphatic carbocycles. The van der Waals surface area contributed by atoms with Gasteiger partial charge in [-0.1, -0.05) is 37.3 Å². The minimum atomic E-state index is 0.744. The van der Waals surface area contributed by atoms with E-state index in [0.29, 0.717) is 0 Å². The van der Waals surface area contributed by atoms with Gasteiger partial charge < -0.3 is 9.64 Å². The van der Waals surface area contributed by atoms with Crippen molar-refractivity contribution in [3.63, 3.8) is 0 Å². The average Bonchev–Trinajstić information content (AvgIpc) is 3.49. The van der Waals surface area contributed by atoms with E-state index in [1.165, 1.54) is 30.4 Å². The first-order valence-electron chi connectivity index (χ1n) is 10.0. The zero-order chi connectivity index (χ0) is 17.8. The number of benzene rings is 1.